The van der Waals surface area contributed by atoms with Gasteiger partial charge in [-0.05, 0) is 24.7 Å². The third kappa shape index (κ3) is 5.30. The van der Waals surface area contributed by atoms with E-state index in [2.05, 4.69) is 5.32 Å². The normalized spacial score (nSPS) is 12.5. The van der Waals surface area contributed by atoms with Crippen LogP contribution in [0.5, 0.6) is 5.75 Å². The number of carbonyl (C=O) groups is 1. The van der Waals surface area contributed by atoms with Gasteiger partial charge in [0.25, 0.3) is 5.91 Å². The molecule has 1 aromatic rings. The van der Waals surface area contributed by atoms with E-state index in [0.717, 1.165) is 6.42 Å². The van der Waals surface area contributed by atoms with Gasteiger partial charge >= 0.3 is 0 Å². The minimum absolute atomic E-state index is 0.00339. The predicted octanol–water partition coefficient (Wildman–Crippen LogP) is 2.44. The van der Waals surface area contributed by atoms with Gasteiger partial charge in [-0.25, -0.2) is 8.78 Å². The van der Waals surface area contributed by atoms with Gasteiger partial charge in [0.05, 0.1) is 0 Å². The number of phenols is 1. The smallest absolute Gasteiger partial charge is 0.258 e. The second kappa shape index (κ2) is 7.93. The summed E-state index contributed by atoms with van der Waals surface area (Å²) in [6.45, 7) is 4.31. The van der Waals surface area contributed by atoms with Crippen molar-refractivity contribution in [1.29, 1.82) is 0 Å². The summed E-state index contributed by atoms with van der Waals surface area (Å²) < 4.78 is 26.4. The van der Waals surface area contributed by atoms with E-state index in [0.29, 0.717) is 24.5 Å². The van der Waals surface area contributed by atoms with E-state index in [-0.39, 0.29) is 19.1 Å². The maximum Gasteiger partial charge on any atom is 0.258 e. The molecule has 0 spiro atoms. The molecule has 1 atom stereocenters. The average Bonchev–Trinajstić information content (AvgIpc) is 2.34. The first-order chi connectivity index (χ1) is 9.85. The summed E-state index contributed by atoms with van der Waals surface area (Å²) in [6.07, 6.45) is 1.33. The number of rotatable bonds is 7. The summed E-state index contributed by atoms with van der Waals surface area (Å²) >= 11 is 0. The molecule has 6 heteroatoms. The number of hydrogen-bond donors (Lipinski definition) is 3. The number of amides is 1. The maximum absolute atomic E-state index is 13.5. The Morgan fingerprint density at radius 1 is 1.33 bits per heavy atom. The number of halogens is 2. The highest BCUT2D eigenvalue weighted by atomic mass is 19.1. The molecular formula is C15H21F2NO3. The summed E-state index contributed by atoms with van der Waals surface area (Å²) in [5.41, 5.74) is -0.566. The fraction of sp³-hybridized carbons (Fsp3) is 0.533. The van der Waals surface area contributed by atoms with E-state index in [1.807, 2.05) is 13.8 Å². The molecule has 1 aromatic carbocycles. The molecule has 0 heterocycles. The molecule has 0 radical (unpaired) electrons. The van der Waals surface area contributed by atoms with Crippen LogP contribution in [0.15, 0.2) is 12.1 Å². The monoisotopic (exact) mass is 301 g/mol. The van der Waals surface area contributed by atoms with Gasteiger partial charge in [-0.3, -0.25) is 4.79 Å². The van der Waals surface area contributed by atoms with Crippen molar-refractivity contribution in [1.82, 2.24) is 5.32 Å². The van der Waals surface area contributed by atoms with Crippen LogP contribution in [0.4, 0.5) is 8.78 Å². The molecule has 0 saturated heterocycles. The second-order valence-corrected chi connectivity index (χ2v) is 5.50. The third-order valence-corrected chi connectivity index (χ3v) is 3.15. The van der Waals surface area contributed by atoms with Crippen LogP contribution < -0.4 is 5.32 Å². The molecule has 0 fully saturated rings. The molecule has 3 N–H and O–H groups in total. The molecule has 0 aromatic heterocycles. The number of benzene rings is 1. The first-order valence-corrected chi connectivity index (χ1v) is 6.92. The van der Waals surface area contributed by atoms with Crippen molar-refractivity contribution in [2.75, 3.05) is 13.2 Å². The number of phenolic OH excluding ortho intramolecular Hbond substituents is 1. The quantitative estimate of drug-likeness (QED) is 0.724. The van der Waals surface area contributed by atoms with Gasteiger partial charge in [0.15, 0.2) is 0 Å². The SMILES string of the molecule is CC(C)CC(CCO)CNC(=O)c1c(O)cc(F)cc1F. The topological polar surface area (TPSA) is 69.6 Å². The number of aliphatic hydroxyl groups excluding tert-OH is 1. The van der Waals surface area contributed by atoms with E-state index in [4.69, 9.17) is 5.11 Å². The zero-order valence-electron chi connectivity index (χ0n) is 12.2. The first-order valence-electron chi connectivity index (χ1n) is 6.92. The fourth-order valence-corrected chi connectivity index (χ4v) is 2.26. The lowest BCUT2D eigenvalue weighted by molar-refractivity contribution is 0.0934. The standard InChI is InChI=1S/C15H21F2NO3/c1-9(2)5-10(3-4-19)8-18-15(21)14-12(17)6-11(16)7-13(14)20/h6-7,9-10,19-20H,3-5,8H2,1-2H3,(H,18,21). The zero-order chi connectivity index (χ0) is 16.0. The Labute approximate surface area is 122 Å². The van der Waals surface area contributed by atoms with Crippen molar-refractivity contribution >= 4 is 5.91 Å². The number of nitrogens with one attached hydrogen (secondary N) is 1. The van der Waals surface area contributed by atoms with Crippen LogP contribution in [-0.4, -0.2) is 29.3 Å². The summed E-state index contributed by atoms with van der Waals surface area (Å²) in [5, 5.41) is 21.0. The Kier molecular flexibility index (Phi) is 6.55. The van der Waals surface area contributed by atoms with Gasteiger partial charge in [0, 0.05) is 25.3 Å². The van der Waals surface area contributed by atoms with Crippen molar-refractivity contribution < 1.29 is 23.8 Å². The molecule has 1 unspecified atom stereocenters. The van der Waals surface area contributed by atoms with E-state index in [1.54, 1.807) is 0 Å². The summed E-state index contributed by atoms with van der Waals surface area (Å²) in [7, 11) is 0. The van der Waals surface area contributed by atoms with Crippen LogP contribution >= 0.6 is 0 Å². The Morgan fingerprint density at radius 3 is 2.52 bits per heavy atom. The number of hydrogen-bond acceptors (Lipinski definition) is 3. The van der Waals surface area contributed by atoms with Gasteiger partial charge < -0.3 is 15.5 Å². The molecule has 0 aliphatic heterocycles. The average molecular weight is 301 g/mol. The highest BCUT2D eigenvalue weighted by Gasteiger charge is 2.19. The van der Waals surface area contributed by atoms with E-state index >= 15 is 0 Å². The first kappa shape index (κ1) is 17.4. The lowest BCUT2D eigenvalue weighted by Crippen LogP contribution is -2.31. The van der Waals surface area contributed by atoms with E-state index < -0.39 is 28.9 Å². The van der Waals surface area contributed by atoms with Crippen LogP contribution in [-0.2, 0) is 0 Å². The van der Waals surface area contributed by atoms with Crippen LogP contribution in [0.2, 0.25) is 0 Å². The van der Waals surface area contributed by atoms with Crippen LogP contribution in [0.25, 0.3) is 0 Å². The zero-order valence-corrected chi connectivity index (χ0v) is 12.2. The minimum atomic E-state index is -1.10. The van der Waals surface area contributed by atoms with Crippen molar-refractivity contribution in [2.45, 2.75) is 26.7 Å². The third-order valence-electron chi connectivity index (χ3n) is 3.15. The molecule has 4 nitrogen and oxygen atoms in total. The summed E-state index contributed by atoms with van der Waals surface area (Å²) in [5.74, 6) is -3.12. The highest BCUT2D eigenvalue weighted by molar-refractivity contribution is 5.97. The molecular weight excluding hydrogens is 280 g/mol. The summed E-state index contributed by atoms with van der Waals surface area (Å²) in [4.78, 5) is 11.9. The molecule has 21 heavy (non-hydrogen) atoms. The predicted molar refractivity (Wildman–Crippen MR) is 75.0 cm³/mol. The Morgan fingerprint density at radius 2 is 2.00 bits per heavy atom. The summed E-state index contributed by atoms with van der Waals surface area (Å²) in [6, 6.07) is 1.24. The fourth-order valence-electron chi connectivity index (χ4n) is 2.26. The van der Waals surface area contributed by atoms with Gasteiger partial charge in [-0.15, -0.1) is 0 Å². The van der Waals surface area contributed by atoms with E-state index in [1.165, 1.54) is 0 Å². The molecule has 118 valence electrons. The highest BCUT2D eigenvalue weighted by Crippen LogP contribution is 2.22. The van der Waals surface area contributed by atoms with Crippen molar-refractivity contribution in [3.8, 4) is 5.75 Å². The molecule has 1 rings (SSSR count). The molecule has 0 aliphatic carbocycles. The second-order valence-electron chi connectivity index (χ2n) is 5.50. The molecule has 0 bridgehead atoms. The van der Waals surface area contributed by atoms with Gasteiger partial charge in [0.2, 0.25) is 0 Å². The van der Waals surface area contributed by atoms with Crippen molar-refractivity contribution in [3.63, 3.8) is 0 Å². The van der Waals surface area contributed by atoms with Gasteiger partial charge in [-0.1, -0.05) is 13.8 Å². The largest absolute Gasteiger partial charge is 0.507 e. The number of carbonyl (C=O) groups excluding carboxylic acids is 1. The van der Waals surface area contributed by atoms with Gasteiger partial charge in [0.1, 0.15) is 22.9 Å². The van der Waals surface area contributed by atoms with Crippen molar-refractivity contribution in [3.05, 3.63) is 29.3 Å². The molecule has 0 aliphatic rings. The molecule has 0 saturated carbocycles. The lowest BCUT2D eigenvalue weighted by atomic mass is 9.94. The van der Waals surface area contributed by atoms with E-state index in [9.17, 15) is 18.7 Å². The van der Waals surface area contributed by atoms with Crippen LogP contribution in [0, 0.1) is 23.5 Å². The van der Waals surface area contributed by atoms with Crippen LogP contribution in [0.3, 0.4) is 0 Å². The van der Waals surface area contributed by atoms with Gasteiger partial charge in [-0.2, -0.15) is 0 Å². The Balaban J connectivity index is 2.72. The lowest BCUT2D eigenvalue weighted by Gasteiger charge is -2.19. The Bertz CT molecular complexity index is 469. The Hall–Kier alpha value is -1.69. The van der Waals surface area contributed by atoms with Crippen LogP contribution in [0.1, 0.15) is 37.0 Å². The minimum Gasteiger partial charge on any atom is -0.507 e. The maximum atomic E-state index is 13.5. The number of aromatic hydroxyl groups is 1. The van der Waals surface area contributed by atoms with Crippen molar-refractivity contribution in [2.24, 2.45) is 11.8 Å². The number of aliphatic hydroxyl groups is 1. The molecule has 1 amide bonds.